The highest BCUT2D eigenvalue weighted by Crippen LogP contribution is 2.17. The molecule has 1 atom stereocenters. The molecule has 0 radical (unpaired) electrons. The summed E-state index contributed by atoms with van der Waals surface area (Å²) in [6.45, 7) is 5.40. The zero-order valence-electron chi connectivity index (χ0n) is 14.0. The minimum atomic E-state index is -1.04. The van der Waals surface area contributed by atoms with Crippen molar-refractivity contribution in [3.63, 3.8) is 0 Å². The van der Waals surface area contributed by atoms with Gasteiger partial charge < -0.3 is 19.6 Å². The molecule has 0 aliphatic heterocycles. The van der Waals surface area contributed by atoms with Crippen LogP contribution in [0, 0.1) is 13.8 Å². The number of methoxy groups -OCH3 is 1. The highest BCUT2D eigenvalue weighted by atomic mass is 16.5. The van der Waals surface area contributed by atoms with Crippen LogP contribution in [0.3, 0.4) is 0 Å². The summed E-state index contributed by atoms with van der Waals surface area (Å²) in [4.78, 5) is 12.2. The molecule has 0 bridgehead atoms. The van der Waals surface area contributed by atoms with Gasteiger partial charge in [-0.2, -0.15) is 0 Å². The maximum Gasteiger partial charge on any atom is 0.254 e. The van der Waals surface area contributed by atoms with Crippen molar-refractivity contribution in [1.82, 2.24) is 5.32 Å². The number of hydrogen-bond acceptors (Lipinski definition) is 4. The zero-order valence-corrected chi connectivity index (χ0v) is 14.0. The third-order valence-corrected chi connectivity index (χ3v) is 3.66. The first-order chi connectivity index (χ1) is 10.8. The van der Waals surface area contributed by atoms with Crippen molar-refractivity contribution >= 4 is 5.91 Å². The second-order valence-corrected chi connectivity index (χ2v) is 6.03. The van der Waals surface area contributed by atoms with Crippen molar-refractivity contribution in [2.75, 3.05) is 13.7 Å². The van der Waals surface area contributed by atoms with E-state index in [0.717, 1.165) is 11.3 Å². The summed E-state index contributed by atoms with van der Waals surface area (Å²) in [5.74, 6) is 1.80. The zero-order chi connectivity index (χ0) is 17.0. The number of carbonyl (C=O) groups excluding carboxylic acids is 1. The summed E-state index contributed by atoms with van der Waals surface area (Å²) in [6, 6.07) is 9.20. The van der Waals surface area contributed by atoms with E-state index in [-0.39, 0.29) is 12.5 Å². The fraction of sp³-hybridized carbons (Fsp3) is 0.389. The Balaban J connectivity index is 1.94. The summed E-state index contributed by atoms with van der Waals surface area (Å²) < 4.78 is 10.5. The predicted molar refractivity (Wildman–Crippen MR) is 87.8 cm³/mol. The van der Waals surface area contributed by atoms with E-state index in [2.05, 4.69) is 5.32 Å². The molecule has 23 heavy (non-hydrogen) atoms. The number of benzene rings is 1. The largest absolute Gasteiger partial charge is 0.497 e. The third-order valence-electron chi connectivity index (χ3n) is 3.66. The lowest BCUT2D eigenvalue weighted by Gasteiger charge is -2.24. The average molecular weight is 317 g/mol. The van der Waals surface area contributed by atoms with Crippen LogP contribution in [0.4, 0.5) is 0 Å². The molecule has 2 N–H and O–H groups in total. The normalized spacial score (nSPS) is 13.4. The number of nitrogens with one attached hydrogen (secondary N) is 1. The Bertz CT molecular complexity index is 671. The van der Waals surface area contributed by atoms with Crippen LogP contribution in [0.25, 0.3) is 0 Å². The first-order valence-electron chi connectivity index (χ1n) is 7.51. The Morgan fingerprint density at radius 3 is 2.48 bits per heavy atom. The van der Waals surface area contributed by atoms with Gasteiger partial charge in [-0.15, -0.1) is 0 Å². The van der Waals surface area contributed by atoms with Crippen LogP contribution in [0.15, 0.2) is 34.7 Å². The van der Waals surface area contributed by atoms with Gasteiger partial charge in [0.2, 0.25) is 0 Å². The number of hydrogen-bond donors (Lipinski definition) is 2. The molecule has 0 aliphatic rings. The lowest BCUT2D eigenvalue weighted by atomic mass is 9.96. The third kappa shape index (κ3) is 4.60. The molecular weight excluding hydrogens is 294 g/mol. The Kier molecular flexibility index (Phi) is 5.11. The monoisotopic (exact) mass is 317 g/mol. The molecule has 1 aromatic heterocycles. The Morgan fingerprint density at radius 1 is 1.30 bits per heavy atom. The smallest absolute Gasteiger partial charge is 0.254 e. The molecule has 124 valence electrons. The van der Waals surface area contributed by atoms with Crippen LogP contribution in [0.2, 0.25) is 0 Å². The SMILES string of the molecule is COc1ccc(CC(C)(O)CNC(=O)c2cc(C)oc2C)cc1. The molecule has 0 spiro atoms. The van der Waals surface area contributed by atoms with Crippen LogP contribution < -0.4 is 10.1 Å². The van der Waals surface area contributed by atoms with Crippen LogP contribution in [-0.2, 0) is 6.42 Å². The van der Waals surface area contributed by atoms with E-state index in [0.29, 0.717) is 23.5 Å². The topological polar surface area (TPSA) is 71.7 Å². The molecule has 1 unspecified atom stereocenters. The molecule has 0 saturated heterocycles. The quantitative estimate of drug-likeness (QED) is 0.859. The Labute approximate surface area is 136 Å². The van der Waals surface area contributed by atoms with Crippen LogP contribution in [-0.4, -0.2) is 30.3 Å². The average Bonchev–Trinajstić information content (AvgIpc) is 2.84. The lowest BCUT2D eigenvalue weighted by Crippen LogP contribution is -2.42. The van der Waals surface area contributed by atoms with Gasteiger partial charge >= 0.3 is 0 Å². The van der Waals surface area contributed by atoms with Gasteiger partial charge in [-0.05, 0) is 44.5 Å². The van der Waals surface area contributed by atoms with Gasteiger partial charge in [-0.3, -0.25) is 4.79 Å². The number of rotatable bonds is 6. The molecule has 0 fully saturated rings. The molecule has 1 aromatic carbocycles. The molecular formula is C18H23NO4. The van der Waals surface area contributed by atoms with E-state index in [1.165, 1.54) is 0 Å². The fourth-order valence-electron chi connectivity index (χ4n) is 2.47. The molecule has 1 heterocycles. The molecule has 0 saturated carbocycles. The van der Waals surface area contributed by atoms with Gasteiger partial charge in [-0.25, -0.2) is 0 Å². The number of ether oxygens (including phenoxy) is 1. The highest BCUT2D eigenvalue weighted by molar-refractivity contribution is 5.95. The van der Waals surface area contributed by atoms with E-state index < -0.39 is 5.60 Å². The first-order valence-corrected chi connectivity index (χ1v) is 7.51. The standard InChI is InChI=1S/C18H23NO4/c1-12-9-16(13(2)23-12)17(20)19-11-18(3,21)10-14-5-7-15(22-4)8-6-14/h5-9,21H,10-11H2,1-4H3,(H,19,20). The minimum absolute atomic E-state index is 0.154. The van der Waals surface area contributed by atoms with Crippen molar-refractivity contribution in [1.29, 1.82) is 0 Å². The van der Waals surface area contributed by atoms with E-state index >= 15 is 0 Å². The van der Waals surface area contributed by atoms with Gasteiger partial charge in [-0.1, -0.05) is 12.1 Å². The maximum atomic E-state index is 12.2. The van der Waals surface area contributed by atoms with Crippen LogP contribution in [0.5, 0.6) is 5.75 Å². The minimum Gasteiger partial charge on any atom is -0.497 e. The van der Waals surface area contributed by atoms with Crippen LogP contribution >= 0.6 is 0 Å². The molecule has 0 aliphatic carbocycles. The Hall–Kier alpha value is -2.27. The summed E-state index contributed by atoms with van der Waals surface area (Å²) in [6.07, 6.45) is 0.431. The number of aliphatic hydroxyl groups is 1. The number of aryl methyl sites for hydroxylation is 2. The lowest BCUT2D eigenvalue weighted by molar-refractivity contribution is 0.0552. The summed E-state index contributed by atoms with van der Waals surface area (Å²) in [5.41, 5.74) is 0.430. The number of carbonyl (C=O) groups is 1. The second-order valence-electron chi connectivity index (χ2n) is 6.03. The number of furan rings is 1. The van der Waals surface area contributed by atoms with Gasteiger partial charge in [0.25, 0.3) is 5.91 Å². The summed E-state index contributed by atoms with van der Waals surface area (Å²) in [5, 5.41) is 13.3. The van der Waals surface area contributed by atoms with Crippen molar-refractivity contribution in [3.05, 3.63) is 53.0 Å². The van der Waals surface area contributed by atoms with E-state index in [4.69, 9.17) is 9.15 Å². The van der Waals surface area contributed by atoms with E-state index in [1.807, 2.05) is 24.3 Å². The molecule has 2 aromatic rings. The van der Waals surface area contributed by atoms with Gasteiger partial charge in [0, 0.05) is 13.0 Å². The highest BCUT2D eigenvalue weighted by Gasteiger charge is 2.23. The van der Waals surface area contributed by atoms with E-state index in [1.54, 1.807) is 33.9 Å². The van der Waals surface area contributed by atoms with Crippen molar-refractivity contribution in [2.24, 2.45) is 0 Å². The van der Waals surface area contributed by atoms with Crippen molar-refractivity contribution < 1.29 is 19.1 Å². The van der Waals surface area contributed by atoms with Crippen LogP contribution in [0.1, 0.15) is 34.4 Å². The van der Waals surface area contributed by atoms with Gasteiger partial charge in [0.1, 0.15) is 17.3 Å². The fourth-order valence-corrected chi connectivity index (χ4v) is 2.47. The number of amides is 1. The second kappa shape index (κ2) is 6.87. The van der Waals surface area contributed by atoms with Gasteiger partial charge in [0.15, 0.2) is 0 Å². The molecule has 1 amide bonds. The molecule has 5 heteroatoms. The summed E-state index contributed by atoms with van der Waals surface area (Å²) in [7, 11) is 1.61. The Morgan fingerprint density at radius 2 is 1.96 bits per heavy atom. The van der Waals surface area contributed by atoms with Crippen molar-refractivity contribution in [2.45, 2.75) is 32.8 Å². The van der Waals surface area contributed by atoms with Gasteiger partial charge in [0.05, 0.1) is 18.3 Å². The predicted octanol–water partition coefficient (Wildman–Crippen LogP) is 2.63. The molecule has 5 nitrogen and oxygen atoms in total. The summed E-state index contributed by atoms with van der Waals surface area (Å²) >= 11 is 0. The maximum absolute atomic E-state index is 12.2. The molecule has 2 rings (SSSR count). The van der Waals surface area contributed by atoms with E-state index in [9.17, 15) is 9.90 Å². The van der Waals surface area contributed by atoms with Crippen molar-refractivity contribution in [3.8, 4) is 5.75 Å². The first kappa shape index (κ1) is 17.1.